The highest BCUT2D eigenvalue weighted by Gasteiger charge is 2.21. The highest BCUT2D eigenvalue weighted by molar-refractivity contribution is 4.76. The first-order valence-corrected chi connectivity index (χ1v) is 7.07. The number of rotatable bonds is 6. The summed E-state index contributed by atoms with van der Waals surface area (Å²) in [5.74, 6) is 0. The first-order valence-electron chi connectivity index (χ1n) is 7.07. The van der Waals surface area contributed by atoms with Crippen molar-refractivity contribution in [3.63, 3.8) is 0 Å². The van der Waals surface area contributed by atoms with Crippen LogP contribution >= 0.6 is 0 Å². The lowest BCUT2D eigenvalue weighted by molar-refractivity contribution is 0.173. The molecule has 16 heavy (non-hydrogen) atoms. The van der Waals surface area contributed by atoms with Gasteiger partial charge in [0.1, 0.15) is 0 Å². The minimum Gasteiger partial charge on any atom is -0.315 e. The average molecular weight is 226 g/mol. The van der Waals surface area contributed by atoms with Gasteiger partial charge >= 0.3 is 0 Å². The van der Waals surface area contributed by atoms with E-state index in [1.165, 1.54) is 64.8 Å². The standard InChI is InChI=1S/C14H30N2/c1-4-5-6-8-14(2,3)13-16-11-7-9-15-10-12-16/h15H,4-13H2,1-3H3. The van der Waals surface area contributed by atoms with Gasteiger partial charge in [0.25, 0.3) is 0 Å². The van der Waals surface area contributed by atoms with Crippen LogP contribution in [0.3, 0.4) is 0 Å². The second kappa shape index (κ2) is 7.29. The lowest BCUT2D eigenvalue weighted by atomic mass is 9.86. The summed E-state index contributed by atoms with van der Waals surface area (Å²) in [7, 11) is 0. The normalized spacial score (nSPS) is 19.7. The van der Waals surface area contributed by atoms with E-state index in [1.807, 2.05) is 0 Å². The largest absolute Gasteiger partial charge is 0.315 e. The second-order valence-corrected chi connectivity index (χ2v) is 6.00. The van der Waals surface area contributed by atoms with Gasteiger partial charge in [-0.05, 0) is 31.3 Å². The van der Waals surface area contributed by atoms with E-state index >= 15 is 0 Å². The van der Waals surface area contributed by atoms with Gasteiger partial charge < -0.3 is 10.2 Å². The second-order valence-electron chi connectivity index (χ2n) is 6.00. The summed E-state index contributed by atoms with van der Waals surface area (Å²) in [5, 5.41) is 3.47. The molecule has 1 aliphatic rings. The zero-order valence-corrected chi connectivity index (χ0v) is 11.5. The number of nitrogens with zero attached hydrogens (tertiary/aromatic N) is 1. The lowest BCUT2D eigenvalue weighted by Crippen LogP contribution is -2.36. The molecular weight excluding hydrogens is 196 g/mol. The van der Waals surface area contributed by atoms with E-state index in [1.54, 1.807) is 0 Å². The molecule has 1 N–H and O–H groups in total. The molecule has 0 radical (unpaired) electrons. The Hall–Kier alpha value is -0.0800. The van der Waals surface area contributed by atoms with Crippen LogP contribution in [0.25, 0.3) is 0 Å². The minimum atomic E-state index is 0.500. The Bertz CT molecular complexity index is 170. The van der Waals surface area contributed by atoms with Gasteiger partial charge in [-0.2, -0.15) is 0 Å². The van der Waals surface area contributed by atoms with Crippen molar-refractivity contribution < 1.29 is 0 Å². The van der Waals surface area contributed by atoms with E-state index in [-0.39, 0.29) is 0 Å². The molecular formula is C14H30N2. The third-order valence-corrected chi connectivity index (χ3v) is 3.54. The lowest BCUT2D eigenvalue weighted by Gasteiger charge is -2.32. The zero-order valence-electron chi connectivity index (χ0n) is 11.5. The summed E-state index contributed by atoms with van der Waals surface area (Å²) in [4.78, 5) is 2.64. The van der Waals surface area contributed by atoms with Gasteiger partial charge in [0.05, 0.1) is 0 Å². The molecule has 1 aliphatic heterocycles. The van der Waals surface area contributed by atoms with Crippen molar-refractivity contribution in [3.05, 3.63) is 0 Å². The summed E-state index contributed by atoms with van der Waals surface area (Å²) in [6.45, 7) is 13.3. The molecule has 0 amide bonds. The van der Waals surface area contributed by atoms with E-state index in [0.29, 0.717) is 5.41 Å². The number of hydrogen-bond donors (Lipinski definition) is 1. The molecule has 1 rings (SSSR count). The Labute approximate surface area is 102 Å². The van der Waals surface area contributed by atoms with Gasteiger partial charge in [-0.3, -0.25) is 0 Å². The minimum absolute atomic E-state index is 0.500. The van der Waals surface area contributed by atoms with Crippen molar-refractivity contribution in [3.8, 4) is 0 Å². The van der Waals surface area contributed by atoms with E-state index in [9.17, 15) is 0 Å². The number of nitrogens with one attached hydrogen (secondary N) is 1. The Morgan fingerprint density at radius 1 is 1.12 bits per heavy atom. The summed E-state index contributed by atoms with van der Waals surface area (Å²) in [6, 6.07) is 0. The summed E-state index contributed by atoms with van der Waals surface area (Å²) >= 11 is 0. The number of hydrogen-bond acceptors (Lipinski definition) is 2. The summed E-state index contributed by atoms with van der Waals surface area (Å²) in [5.41, 5.74) is 0.500. The average Bonchev–Trinajstić information content (AvgIpc) is 2.46. The predicted octanol–water partition coefficient (Wildman–Crippen LogP) is 2.89. The van der Waals surface area contributed by atoms with Crippen molar-refractivity contribution in [2.24, 2.45) is 5.41 Å². The van der Waals surface area contributed by atoms with Crippen LogP contribution in [0.4, 0.5) is 0 Å². The molecule has 1 heterocycles. The first kappa shape index (κ1) is 14.0. The van der Waals surface area contributed by atoms with Crippen LogP contribution in [0.2, 0.25) is 0 Å². The van der Waals surface area contributed by atoms with E-state index in [2.05, 4.69) is 31.0 Å². The highest BCUT2D eigenvalue weighted by atomic mass is 15.2. The maximum absolute atomic E-state index is 3.47. The fourth-order valence-corrected chi connectivity index (χ4v) is 2.60. The molecule has 1 fully saturated rings. The van der Waals surface area contributed by atoms with Crippen LogP contribution in [-0.4, -0.2) is 37.6 Å². The van der Waals surface area contributed by atoms with Crippen LogP contribution in [0, 0.1) is 5.41 Å². The Kier molecular flexibility index (Phi) is 6.37. The molecule has 0 saturated carbocycles. The van der Waals surface area contributed by atoms with Crippen molar-refractivity contribution >= 4 is 0 Å². The third-order valence-electron chi connectivity index (χ3n) is 3.54. The molecule has 0 atom stereocenters. The Balaban J connectivity index is 2.26. The van der Waals surface area contributed by atoms with Crippen molar-refractivity contribution in [2.75, 3.05) is 32.7 Å². The molecule has 0 aliphatic carbocycles. The Morgan fingerprint density at radius 2 is 1.94 bits per heavy atom. The van der Waals surface area contributed by atoms with Gasteiger partial charge in [0.15, 0.2) is 0 Å². The van der Waals surface area contributed by atoms with Gasteiger partial charge in [0, 0.05) is 19.6 Å². The smallest absolute Gasteiger partial charge is 0.0107 e. The summed E-state index contributed by atoms with van der Waals surface area (Å²) in [6.07, 6.45) is 6.82. The van der Waals surface area contributed by atoms with E-state index in [4.69, 9.17) is 0 Å². The van der Waals surface area contributed by atoms with Crippen molar-refractivity contribution in [1.82, 2.24) is 10.2 Å². The zero-order chi connectivity index (χ0) is 11.9. The van der Waals surface area contributed by atoms with E-state index < -0.39 is 0 Å². The van der Waals surface area contributed by atoms with Crippen LogP contribution in [0.5, 0.6) is 0 Å². The monoisotopic (exact) mass is 226 g/mol. The van der Waals surface area contributed by atoms with Crippen LogP contribution in [-0.2, 0) is 0 Å². The van der Waals surface area contributed by atoms with Gasteiger partial charge in [-0.25, -0.2) is 0 Å². The molecule has 0 aromatic rings. The predicted molar refractivity (Wildman–Crippen MR) is 71.8 cm³/mol. The van der Waals surface area contributed by atoms with Gasteiger partial charge in [0.2, 0.25) is 0 Å². The molecule has 96 valence electrons. The van der Waals surface area contributed by atoms with Crippen molar-refractivity contribution in [1.29, 1.82) is 0 Å². The SMILES string of the molecule is CCCCCC(C)(C)CN1CCCNCC1. The van der Waals surface area contributed by atoms with Crippen LogP contribution in [0.15, 0.2) is 0 Å². The Morgan fingerprint density at radius 3 is 2.69 bits per heavy atom. The third kappa shape index (κ3) is 5.86. The molecule has 0 aromatic heterocycles. The quantitative estimate of drug-likeness (QED) is 0.701. The van der Waals surface area contributed by atoms with E-state index in [0.717, 1.165) is 0 Å². The molecule has 2 heteroatoms. The molecule has 0 aromatic carbocycles. The van der Waals surface area contributed by atoms with Gasteiger partial charge in [-0.1, -0.05) is 40.0 Å². The fraction of sp³-hybridized carbons (Fsp3) is 1.00. The fourth-order valence-electron chi connectivity index (χ4n) is 2.60. The topological polar surface area (TPSA) is 15.3 Å². The van der Waals surface area contributed by atoms with Crippen molar-refractivity contribution in [2.45, 2.75) is 52.9 Å². The molecule has 0 spiro atoms. The highest BCUT2D eigenvalue weighted by Crippen LogP contribution is 2.25. The number of unbranched alkanes of at least 4 members (excludes halogenated alkanes) is 2. The summed E-state index contributed by atoms with van der Waals surface area (Å²) < 4.78 is 0. The first-order chi connectivity index (χ1) is 7.64. The maximum atomic E-state index is 3.47. The van der Waals surface area contributed by atoms with Gasteiger partial charge in [-0.15, -0.1) is 0 Å². The van der Waals surface area contributed by atoms with Crippen LogP contribution in [0.1, 0.15) is 52.9 Å². The molecule has 0 unspecified atom stereocenters. The van der Waals surface area contributed by atoms with Crippen LogP contribution < -0.4 is 5.32 Å². The maximum Gasteiger partial charge on any atom is 0.0107 e. The molecule has 1 saturated heterocycles. The molecule has 0 bridgehead atoms. The molecule has 2 nitrogen and oxygen atoms in total.